The SMILES string of the molecule is CCC1CCC(O)(CNCCc2ccc(OC)cc2)CC1. The van der Waals surface area contributed by atoms with E-state index in [1.165, 1.54) is 24.8 Å². The van der Waals surface area contributed by atoms with Crippen molar-refractivity contribution in [2.24, 2.45) is 5.92 Å². The summed E-state index contributed by atoms with van der Waals surface area (Å²) in [6.45, 7) is 3.88. The lowest BCUT2D eigenvalue weighted by atomic mass is 9.78. The first-order valence-corrected chi connectivity index (χ1v) is 8.21. The molecule has 1 aliphatic rings. The van der Waals surface area contributed by atoms with E-state index < -0.39 is 5.60 Å². The van der Waals surface area contributed by atoms with Crippen LogP contribution in [0.5, 0.6) is 5.75 Å². The maximum absolute atomic E-state index is 10.6. The summed E-state index contributed by atoms with van der Waals surface area (Å²) in [4.78, 5) is 0. The number of benzene rings is 1. The standard InChI is InChI=1S/C18H29NO2/c1-3-15-8-11-18(20,12-9-15)14-19-13-10-16-4-6-17(21-2)7-5-16/h4-7,15,19-20H,3,8-14H2,1-2H3. The van der Waals surface area contributed by atoms with Crippen molar-refractivity contribution in [3.63, 3.8) is 0 Å². The van der Waals surface area contributed by atoms with Crippen LogP contribution in [0.15, 0.2) is 24.3 Å². The molecule has 0 saturated heterocycles. The number of ether oxygens (including phenoxy) is 1. The largest absolute Gasteiger partial charge is 0.497 e. The highest BCUT2D eigenvalue weighted by atomic mass is 16.5. The molecule has 1 aliphatic carbocycles. The molecule has 2 N–H and O–H groups in total. The van der Waals surface area contributed by atoms with Crippen LogP contribution in [0.2, 0.25) is 0 Å². The molecule has 1 aromatic carbocycles. The van der Waals surface area contributed by atoms with Crippen molar-refractivity contribution in [3.8, 4) is 5.75 Å². The second-order valence-electron chi connectivity index (χ2n) is 6.35. The summed E-state index contributed by atoms with van der Waals surface area (Å²) >= 11 is 0. The highest BCUT2D eigenvalue weighted by Crippen LogP contribution is 2.33. The Kier molecular flexibility index (Phi) is 6.07. The maximum Gasteiger partial charge on any atom is 0.118 e. The fraction of sp³-hybridized carbons (Fsp3) is 0.667. The smallest absolute Gasteiger partial charge is 0.118 e. The van der Waals surface area contributed by atoms with Gasteiger partial charge in [0.1, 0.15) is 5.75 Å². The molecule has 0 amide bonds. The van der Waals surface area contributed by atoms with Gasteiger partial charge in [-0.3, -0.25) is 0 Å². The molecule has 2 rings (SSSR count). The Labute approximate surface area is 128 Å². The topological polar surface area (TPSA) is 41.5 Å². The minimum absolute atomic E-state index is 0.481. The third-order valence-electron chi connectivity index (χ3n) is 4.82. The zero-order chi connectivity index (χ0) is 15.1. The van der Waals surface area contributed by atoms with Crippen molar-refractivity contribution in [2.45, 2.75) is 51.0 Å². The molecule has 1 saturated carbocycles. The summed E-state index contributed by atoms with van der Waals surface area (Å²) in [6.07, 6.45) is 6.47. The van der Waals surface area contributed by atoms with Gasteiger partial charge < -0.3 is 15.2 Å². The first-order valence-electron chi connectivity index (χ1n) is 8.21. The van der Waals surface area contributed by atoms with E-state index in [4.69, 9.17) is 4.74 Å². The molecular weight excluding hydrogens is 262 g/mol. The van der Waals surface area contributed by atoms with E-state index in [0.29, 0.717) is 0 Å². The van der Waals surface area contributed by atoms with Crippen LogP contribution in [0.4, 0.5) is 0 Å². The highest BCUT2D eigenvalue weighted by Gasteiger charge is 2.31. The molecule has 3 nitrogen and oxygen atoms in total. The molecule has 1 aromatic rings. The predicted molar refractivity (Wildman–Crippen MR) is 86.8 cm³/mol. The summed E-state index contributed by atoms with van der Waals surface area (Å²) in [5.41, 5.74) is 0.816. The normalized spacial score (nSPS) is 25.8. The summed E-state index contributed by atoms with van der Waals surface area (Å²) in [5, 5.41) is 14.0. The van der Waals surface area contributed by atoms with Gasteiger partial charge in [-0.15, -0.1) is 0 Å². The fourth-order valence-corrected chi connectivity index (χ4v) is 3.15. The van der Waals surface area contributed by atoms with Crippen LogP contribution in [-0.2, 0) is 6.42 Å². The summed E-state index contributed by atoms with van der Waals surface area (Å²) in [5.74, 6) is 1.72. The zero-order valence-corrected chi connectivity index (χ0v) is 13.4. The lowest BCUT2D eigenvalue weighted by molar-refractivity contribution is -0.00835. The number of hydrogen-bond acceptors (Lipinski definition) is 3. The van der Waals surface area contributed by atoms with Crippen molar-refractivity contribution in [1.82, 2.24) is 5.32 Å². The molecule has 1 fully saturated rings. The summed E-state index contributed by atoms with van der Waals surface area (Å²) in [6, 6.07) is 8.19. The third-order valence-corrected chi connectivity index (χ3v) is 4.82. The molecule has 0 spiro atoms. The number of rotatable bonds is 7. The van der Waals surface area contributed by atoms with Crippen LogP contribution in [0.1, 0.15) is 44.6 Å². The number of methoxy groups -OCH3 is 1. The third kappa shape index (κ3) is 5.01. The van der Waals surface area contributed by atoms with Gasteiger partial charge in [-0.25, -0.2) is 0 Å². The van der Waals surface area contributed by atoms with E-state index in [0.717, 1.165) is 44.0 Å². The van der Waals surface area contributed by atoms with Gasteiger partial charge >= 0.3 is 0 Å². The molecule has 0 radical (unpaired) electrons. The van der Waals surface area contributed by atoms with Crippen LogP contribution < -0.4 is 10.1 Å². The number of hydrogen-bond donors (Lipinski definition) is 2. The number of nitrogens with one attached hydrogen (secondary N) is 1. The van der Waals surface area contributed by atoms with Crippen molar-refractivity contribution < 1.29 is 9.84 Å². The maximum atomic E-state index is 10.6. The van der Waals surface area contributed by atoms with Gasteiger partial charge in [0.05, 0.1) is 12.7 Å². The minimum Gasteiger partial charge on any atom is -0.497 e. The van der Waals surface area contributed by atoms with Gasteiger partial charge in [0.2, 0.25) is 0 Å². The van der Waals surface area contributed by atoms with Crippen LogP contribution in [-0.4, -0.2) is 30.9 Å². The quantitative estimate of drug-likeness (QED) is 0.758. The van der Waals surface area contributed by atoms with Crippen molar-refractivity contribution in [1.29, 1.82) is 0 Å². The Balaban J connectivity index is 1.67. The molecule has 0 aliphatic heterocycles. The van der Waals surface area contributed by atoms with Gasteiger partial charge in [0.25, 0.3) is 0 Å². The van der Waals surface area contributed by atoms with Crippen LogP contribution in [0.3, 0.4) is 0 Å². The molecule has 118 valence electrons. The predicted octanol–water partition coefficient (Wildman–Crippen LogP) is 3.16. The average Bonchev–Trinajstić information content (AvgIpc) is 2.53. The Hall–Kier alpha value is -1.06. The van der Waals surface area contributed by atoms with E-state index in [-0.39, 0.29) is 0 Å². The van der Waals surface area contributed by atoms with Gasteiger partial charge in [-0.2, -0.15) is 0 Å². The second-order valence-corrected chi connectivity index (χ2v) is 6.35. The molecule has 3 heteroatoms. The summed E-state index contributed by atoms with van der Waals surface area (Å²) in [7, 11) is 1.69. The van der Waals surface area contributed by atoms with Crippen LogP contribution >= 0.6 is 0 Å². The molecule has 0 unspecified atom stereocenters. The van der Waals surface area contributed by atoms with Crippen molar-refractivity contribution in [3.05, 3.63) is 29.8 Å². The Morgan fingerprint density at radius 2 is 1.90 bits per heavy atom. The highest BCUT2D eigenvalue weighted by molar-refractivity contribution is 5.27. The molecule has 0 heterocycles. The molecule has 0 atom stereocenters. The summed E-state index contributed by atoms with van der Waals surface area (Å²) < 4.78 is 5.16. The van der Waals surface area contributed by atoms with Crippen molar-refractivity contribution >= 4 is 0 Å². The molecule has 21 heavy (non-hydrogen) atoms. The van der Waals surface area contributed by atoms with E-state index >= 15 is 0 Å². The first kappa shape index (κ1) is 16.3. The van der Waals surface area contributed by atoms with Gasteiger partial charge in [0, 0.05) is 6.54 Å². The van der Waals surface area contributed by atoms with Gasteiger partial charge in [-0.05, 0) is 62.3 Å². The lowest BCUT2D eigenvalue weighted by Crippen LogP contribution is -2.44. The fourth-order valence-electron chi connectivity index (χ4n) is 3.15. The van der Waals surface area contributed by atoms with E-state index in [1.807, 2.05) is 12.1 Å². The Morgan fingerprint density at radius 1 is 1.24 bits per heavy atom. The zero-order valence-electron chi connectivity index (χ0n) is 13.4. The minimum atomic E-state index is -0.481. The number of aliphatic hydroxyl groups is 1. The molecule has 0 aromatic heterocycles. The molecule has 0 bridgehead atoms. The molecular formula is C18H29NO2. The van der Waals surface area contributed by atoms with Crippen molar-refractivity contribution in [2.75, 3.05) is 20.2 Å². The van der Waals surface area contributed by atoms with E-state index in [1.54, 1.807) is 7.11 Å². The Morgan fingerprint density at radius 3 is 2.48 bits per heavy atom. The second kappa shape index (κ2) is 7.81. The lowest BCUT2D eigenvalue weighted by Gasteiger charge is -2.36. The van der Waals surface area contributed by atoms with Crippen LogP contribution in [0.25, 0.3) is 0 Å². The van der Waals surface area contributed by atoms with Gasteiger partial charge in [0.15, 0.2) is 0 Å². The van der Waals surface area contributed by atoms with E-state index in [9.17, 15) is 5.11 Å². The van der Waals surface area contributed by atoms with Gasteiger partial charge in [-0.1, -0.05) is 25.5 Å². The van der Waals surface area contributed by atoms with Crippen LogP contribution in [0, 0.1) is 5.92 Å². The first-order chi connectivity index (χ1) is 10.1. The average molecular weight is 291 g/mol. The Bertz CT molecular complexity index is 408. The van der Waals surface area contributed by atoms with E-state index in [2.05, 4.69) is 24.4 Å². The monoisotopic (exact) mass is 291 g/mol.